The Labute approximate surface area is 126 Å². The van der Waals surface area contributed by atoms with Crippen LogP contribution in [0.5, 0.6) is 0 Å². The molecule has 1 amide bonds. The Bertz CT molecular complexity index is 521. The van der Waals surface area contributed by atoms with Crippen molar-refractivity contribution in [3.8, 4) is 0 Å². The Kier molecular flexibility index (Phi) is 4.11. The zero-order valence-electron chi connectivity index (χ0n) is 12.6. The Hall–Kier alpha value is -1.61. The molecule has 1 aromatic rings. The number of rotatable bonds is 5. The van der Waals surface area contributed by atoms with Crippen molar-refractivity contribution in [2.45, 2.75) is 44.8 Å². The second-order valence-corrected chi connectivity index (χ2v) is 6.42. The van der Waals surface area contributed by atoms with E-state index in [4.69, 9.17) is 5.73 Å². The summed E-state index contributed by atoms with van der Waals surface area (Å²) in [5.74, 6) is 0.879. The van der Waals surface area contributed by atoms with E-state index in [9.17, 15) is 4.79 Å². The maximum absolute atomic E-state index is 12.9. The van der Waals surface area contributed by atoms with Gasteiger partial charge in [0, 0.05) is 18.6 Å². The first-order chi connectivity index (χ1) is 10.1. The zero-order chi connectivity index (χ0) is 14.8. The zero-order valence-corrected chi connectivity index (χ0v) is 12.6. The Morgan fingerprint density at radius 3 is 2.57 bits per heavy atom. The van der Waals surface area contributed by atoms with Crippen molar-refractivity contribution < 1.29 is 4.79 Å². The van der Waals surface area contributed by atoms with E-state index in [2.05, 4.69) is 24.0 Å². The molecule has 0 aromatic heterocycles. The van der Waals surface area contributed by atoms with Gasteiger partial charge in [0.05, 0.1) is 5.92 Å². The van der Waals surface area contributed by atoms with E-state index in [0.717, 1.165) is 6.42 Å². The van der Waals surface area contributed by atoms with Gasteiger partial charge < -0.3 is 10.6 Å². The molecule has 3 unspecified atom stereocenters. The van der Waals surface area contributed by atoms with Crippen LogP contribution in [-0.2, 0) is 11.3 Å². The van der Waals surface area contributed by atoms with Crippen LogP contribution >= 0.6 is 0 Å². The Morgan fingerprint density at radius 2 is 2.00 bits per heavy atom. The van der Waals surface area contributed by atoms with Gasteiger partial charge in [-0.25, -0.2) is 0 Å². The quantitative estimate of drug-likeness (QED) is 0.845. The monoisotopic (exact) mass is 284 g/mol. The third-order valence-electron chi connectivity index (χ3n) is 4.71. The fraction of sp³-hybridized carbons (Fsp3) is 0.500. The number of benzene rings is 1. The van der Waals surface area contributed by atoms with E-state index in [1.807, 2.05) is 30.4 Å². The summed E-state index contributed by atoms with van der Waals surface area (Å²) < 4.78 is 0. The van der Waals surface area contributed by atoms with Crippen molar-refractivity contribution in [2.24, 2.45) is 17.6 Å². The third-order valence-corrected chi connectivity index (χ3v) is 4.71. The average molecular weight is 284 g/mol. The van der Waals surface area contributed by atoms with E-state index in [1.54, 1.807) is 0 Å². The van der Waals surface area contributed by atoms with Gasteiger partial charge in [0.1, 0.15) is 0 Å². The molecule has 3 nitrogen and oxygen atoms in total. The molecule has 1 saturated carbocycles. The van der Waals surface area contributed by atoms with Gasteiger partial charge in [-0.3, -0.25) is 4.79 Å². The largest absolute Gasteiger partial charge is 0.335 e. The second kappa shape index (κ2) is 6.02. The number of nitrogens with zero attached hydrogens (tertiary/aromatic N) is 1. The minimum Gasteiger partial charge on any atom is -0.335 e. The topological polar surface area (TPSA) is 46.3 Å². The molecule has 3 atom stereocenters. The predicted octanol–water partition coefficient (Wildman–Crippen LogP) is 2.72. The lowest BCUT2D eigenvalue weighted by Gasteiger charge is -2.31. The van der Waals surface area contributed by atoms with Crippen molar-refractivity contribution in [1.29, 1.82) is 0 Å². The average Bonchev–Trinajstić information content (AvgIpc) is 3.26. The van der Waals surface area contributed by atoms with Crippen LogP contribution in [0.25, 0.3) is 0 Å². The first kappa shape index (κ1) is 14.3. The maximum Gasteiger partial charge on any atom is 0.230 e. The van der Waals surface area contributed by atoms with E-state index in [0.29, 0.717) is 18.5 Å². The molecule has 21 heavy (non-hydrogen) atoms. The number of hydrogen-bond acceptors (Lipinski definition) is 2. The van der Waals surface area contributed by atoms with Crippen LogP contribution in [0.15, 0.2) is 42.5 Å². The van der Waals surface area contributed by atoms with Gasteiger partial charge in [0.25, 0.3) is 0 Å². The van der Waals surface area contributed by atoms with Crippen LogP contribution in [0.2, 0.25) is 0 Å². The van der Waals surface area contributed by atoms with Crippen LogP contribution in [0, 0.1) is 11.8 Å². The van der Waals surface area contributed by atoms with Crippen LogP contribution in [0.4, 0.5) is 0 Å². The molecular formula is C18H24N2O. The van der Waals surface area contributed by atoms with Gasteiger partial charge in [0.2, 0.25) is 5.91 Å². The van der Waals surface area contributed by atoms with Gasteiger partial charge >= 0.3 is 0 Å². The first-order valence-corrected chi connectivity index (χ1v) is 7.93. The van der Waals surface area contributed by atoms with Gasteiger partial charge in [-0.2, -0.15) is 0 Å². The fourth-order valence-electron chi connectivity index (χ4n) is 3.16. The van der Waals surface area contributed by atoms with Gasteiger partial charge in [0.15, 0.2) is 0 Å². The summed E-state index contributed by atoms with van der Waals surface area (Å²) in [7, 11) is 0. The summed E-state index contributed by atoms with van der Waals surface area (Å²) in [6, 6.07) is 10.6. The molecular weight excluding hydrogens is 260 g/mol. The SMILES string of the molecule is CC(C1CC1)N(Cc1ccccc1)C(=O)C1C=CC(N)C1. The highest BCUT2D eigenvalue weighted by molar-refractivity contribution is 5.81. The van der Waals surface area contributed by atoms with Crippen LogP contribution in [0.3, 0.4) is 0 Å². The van der Waals surface area contributed by atoms with Gasteiger partial charge in [-0.15, -0.1) is 0 Å². The summed E-state index contributed by atoms with van der Waals surface area (Å²) in [5.41, 5.74) is 7.11. The lowest BCUT2D eigenvalue weighted by Crippen LogP contribution is -2.42. The number of hydrogen-bond donors (Lipinski definition) is 1. The van der Waals surface area contributed by atoms with Crippen LogP contribution in [0.1, 0.15) is 31.7 Å². The highest BCUT2D eigenvalue weighted by atomic mass is 16.2. The molecule has 3 heteroatoms. The van der Waals surface area contributed by atoms with Crippen molar-refractivity contribution in [1.82, 2.24) is 4.90 Å². The minimum atomic E-state index is -0.0371. The number of nitrogens with two attached hydrogens (primary N) is 1. The molecule has 0 saturated heterocycles. The summed E-state index contributed by atoms with van der Waals surface area (Å²) in [4.78, 5) is 15.0. The summed E-state index contributed by atoms with van der Waals surface area (Å²) >= 11 is 0. The van der Waals surface area contributed by atoms with Crippen LogP contribution in [-0.4, -0.2) is 22.9 Å². The molecule has 0 heterocycles. The molecule has 2 aliphatic rings. The highest BCUT2D eigenvalue weighted by Crippen LogP contribution is 2.36. The van der Waals surface area contributed by atoms with Crippen molar-refractivity contribution in [3.63, 3.8) is 0 Å². The van der Waals surface area contributed by atoms with Crippen molar-refractivity contribution >= 4 is 5.91 Å². The molecule has 2 aliphatic carbocycles. The van der Waals surface area contributed by atoms with Crippen LogP contribution < -0.4 is 5.73 Å². The van der Waals surface area contributed by atoms with Crippen molar-refractivity contribution in [2.75, 3.05) is 0 Å². The smallest absolute Gasteiger partial charge is 0.230 e. The van der Waals surface area contributed by atoms with E-state index in [-0.39, 0.29) is 17.9 Å². The standard InChI is InChI=1S/C18H24N2O/c1-13(15-7-8-15)20(12-14-5-3-2-4-6-14)18(21)16-9-10-17(19)11-16/h2-6,9-10,13,15-17H,7-8,11-12,19H2,1H3. The number of amides is 1. The second-order valence-electron chi connectivity index (χ2n) is 6.42. The molecule has 1 fully saturated rings. The molecule has 0 spiro atoms. The van der Waals surface area contributed by atoms with E-state index < -0.39 is 0 Å². The summed E-state index contributed by atoms with van der Waals surface area (Å²) in [6.45, 7) is 2.90. The maximum atomic E-state index is 12.9. The van der Waals surface area contributed by atoms with Crippen molar-refractivity contribution in [3.05, 3.63) is 48.0 Å². The molecule has 3 rings (SSSR count). The van der Waals surface area contributed by atoms with E-state index >= 15 is 0 Å². The number of carbonyl (C=O) groups excluding carboxylic acids is 1. The summed E-state index contributed by atoms with van der Waals surface area (Å²) in [5, 5.41) is 0. The Morgan fingerprint density at radius 1 is 1.29 bits per heavy atom. The molecule has 112 valence electrons. The van der Waals surface area contributed by atoms with Gasteiger partial charge in [-0.05, 0) is 37.7 Å². The number of carbonyl (C=O) groups is 1. The third kappa shape index (κ3) is 3.35. The normalized spacial score (nSPS) is 25.8. The summed E-state index contributed by atoms with van der Waals surface area (Å²) in [6.07, 6.45) is 7.21. The molecule has 0 aliphatic heterocycles. The molecule has 2 N–H and O–H groups in total. The van der Waals surface area contributed by atoms with E-state index in [1.165, 1.54) is 18.4 Å². The minimum absolute atomic E-state index is 0.0359. The first-order valence-electron chi connectivity index (χ1n) is 7.93. The Balaban J connectivity index is 1.75. The molecule has 0 radical (unpaired) electrons. The fourth-order valence-corrected chi connectivity index (χ4v) is 3.16. The van der Waals surface area contributed by atoms with Gasteiger partial charge in [-0.1, -0.05) is 42.5 Å². The predicted molar refractivity (Wildman–Crippen MR) is 84.4 cm³/mol. The highest BCUT2D eigenvalue weighted by Gasteiger charge is 2.37. The molecule has 1 aromatic carbocycles. The lowest BCUT2D eigenvalue weighted by molar-refractivity contribution is -0.137. The lowest BCUT2D eigenvalue weighted by atomic mass is 10.0. The molecule has 0 bridgehead atoms.